The highest BCUT2D eigenvalue weighted by molar-refractivity contribution is 5.46. The molecule has 0 fully saturated rings. The van der Waals surface area contributed by atoms with Crippen LogP contribution in [-0.4, -0.2) is 0 Å². The monoisotopic (exact) mass is 225 g/mol. The number of nitrogens with one attached hydrogen (secondary N) is 1. The van der Waals surface area contributed by atoms with Crippen molar-refractivity contribution in [2.75, 3.05) is 5.32 Å². The molecular formula is C16H19N. The van der Waals surface area contributed by atoms with Gasteiger partial charge in [-0.05, 0) is 55.2 Å². The van der Waals surface area contributed by atoms with Crippen molar-refractivity contribution in [3.8, 4) is 0 Å². The first kappa shape index (κ1) is 11.7. The molecule has 1 heteroatoms. The fraction of sp³-hybridized carbons (Fsp3) is 0.250. The zero-order valence-electron chi connectivity index (χ0n) is 10.7. The molecule has 0 spiro atoms. The van der Waals surface area contributed by atoms with E-state index in [-0.39, 0.29) is 0 Å². The first-order valence-corrected chi connectivity index (χ1v) is 6.02. The van der Waals surface area contributed by atoms with Gasteiger partial charge < -0.3 is 5.32 Å². The Morgan fingerprint density at radius 2 is 1.71 bits per heavy atom. The zero-order chi connectivity index (χ0) is 12.3. The van der Waals surface area contributed by atoms with E-state index in [1.165, 1.54) is 27.9 Å². The Kier molecular flexibility index (Phi) is 3.48. The standard InChI is InChI=1S/C16H19N/c1-12-6-4-9-16(10-12)17-11-15-8-5-7-13(2)14(15)3/h4-10,17H,11H2,1-3H3. The van der Waals surface area contributed by atoms with Gasteiger partial charge in [0, 0.05) is 12.2 Å². The topological polar surface area (TPSA) is 12.0 Å². The second-order valence-corrected chi connectivity index (χ2v) is 4.58. The smallest absolute Gasteiger partial charge is 0.0403 e. The van der Waals surface area contributed by atoms with Crippen LogP contribution in [0.5, 0.6) is 0 Å². The Labute approximate surface area is 103 Å². The van der Waals surface area contributed by atoms with E-state index in [2.05, 4.69) is 68.6 Å². The van der Waals surface area contributed by atoms with E-state index in [4.69, 9.17) is 0 Å². The van der Waals surface area contributed by atoms with Crippen molar-refractivity contribution in [3.63, 3.8) is 0 Å². The summed E-state index contributed by atoms with van der Waals surface area (Å²) in [5.41, 5.74) is 6.58. The summed E-state index contributed by atoms with van der Waals surface area (Å²) in [5.74, 6) is 0. The van der Waals surface area contributed by atoms with E-state index in [1.807, 2.05) is 0 Å². The Bertz CT molecular complexity index is 515. The van der Waals surface area contributed by atoms with Gasteiger partial charge >= 0.3 is 0 Å². The lowest BCUT2D eigenvalue weighted by Crippen LogP contribution is -2.02. The number of aryl methyl sites for hydroxylation is 2. The molecule has 1 nitrogen and oxygen atoms in total. The highest BCUT2D eigenvalue weighted by Gasteiger charge is 2.00. The Morgan fingerprint density at radius 1 is 0.941 bits per heavy atom. The van der Waals surface area contributed by atoms with Crippen molar-refractivity contribution in [2.45, 2.75) is 27.3 Å². The number of hydrogen-bond acceptors (Lipinski definition) is 1. The van der Waals surface area contributed by atoms with E-state index < -0.39 is 0 Å². The molecule has 0 aliphatic rings. The van der Waals surface area contributed by atoms with Crippen molar-refractivity contribution in [1.82, 2.24) is 0 Å². The van der Waals surface area contributed by atoms with Crippen LogP contribution in [-0.2, 0) is 6.54 Å². The van der Waals surface area contributed by atoms with Crippen molar-refractivity contribution >= 4 is 5.69 Å². The molecule has 0 aliphatic carbocycles. The van der Waals surface area contributed by atoms with Gasteiger partial charge in [-0.1, -0.05) is 30.3 Å². The predicted octanol–water partition coefficient (Wildman–Crippen LogP) is 4.22. The molecule has 0 saturated heterocycles. The molecule has 0 bridgehead atoms. The number of rotatable bonds is 3. The molecule has 2 rings (SSSR count). The van der Waals surface area contributed by atoms with Crippen LogP contribution in [0, 0.1) is 20.8 Å². The second-order valence-electron chi connectivity index (χ2n) is 4.58. The van der Waals surface area contributed by atoms with Gasteiger partial charge in [0.05, 0.1) is 0 Å². The summed E-state index contributed by atoms with van der Waals surface area (Å²) in [6, 6.07) is 14.9. The van der Waals surface area contributed by atoms with Crippen LogP contribution in [0.25, 0.3) is 0 Å². The summed E-state index contributed by atoms with van der Waals surface area (Å²) >= 11 is 0. The maximum absolute atomic E-state index is 3.47. The number of anilines is 1. The summed E-state index contributed by atoms with van der Waals surface area (Å²) in [4.78, 5) is 0. The molecule has 0 heterocycles. The maximum atomic E-state index is 3.47. The van der Waals surface area contributed by atoms with Crippen molar-refractivity contribution in [3.05, 3.63) is 64.7 Å². The van der Waals surface area contributed by atoms with Gasteiger partial charge in [-0.25, -0.2) is 0 Å². The molecule has 0 unspecified atom stereocenters. The first-order valence-electron chi connectivity index (χ1n) is 6.02. The van der Waals surface area contributed by atoms with Crippen LogP contribution in [0.1, 0.15) is 22.3 Å². The summed E-state index contributed by atoms with van der Waals surface area (Å²) < 4.78 is 0. The van der Waals surface area contributed by atoms with Gasteiger partial charge in [-0.3, -0.25) is 0 Å². The fourth-order valence-electron chi connectivity index (χ4n) is 1.96. The molecule has 88 valence electrons. The summed E-state index contributed by atoms with van der Waals surface area (Å²) in [5, 5.41) is 3.47. The lowest BCUT2D eigenvalue weighted by atomic mass is 10.0. The average Bonchev–Trinajstić information content (AvgIpc) is 2.31. The first-order chi connectivity index (χ1) is 8.16. The molecule has 17 heavy (non-hydrogen) atoms. The molecule has 0 aromatic heterocycles. The van der Waals surface area contributed by atoms with E-state index in [9.17, 15) is 0 Å². The quantitative estimate of drug-likeness (QED) is 0.824. The summed E-state index contributed by atoms with van der Waals surface area (Å²) in [7, 11) is 0. The third-order valence-electron chi connectivity index (χ3n) is 3.22. The number of benzene rings is 2. The van der Waals surface area contributed by atoms with Gasteiger partial charge in [0.1, 0.15) is 0 Å². The van der Waals surface area contributed by atoms with Crippen LogP contribution in [0.15, 0.2) is 42.5 Å². The molecule has 0 saturated carbocycles. The lowest BCUT2D eigenvalue weighted by molar-refractivity contribution is 1.10. The Balaban J connectivity index is 2.10. The van der Waals surface area contributed by atoms with E-state index in [1.54, 1.807) is 0 Å². The largest absolute Gasteiger partial charge is 0.381 e. The van der Waals surface area contributed by atoms with Crippen LogP contribution in [0.4, 0.5) is 5.69 Å². The van der Waals surface area contributed by atoms with Crippen molar-refractivity contribution in [1.29, 1.82) is 0 Å². The highest BCUT2D eigenvalue weighted by atomic mass is 14.9. The Hall–Kier alpha value is -1.76. The second kappa shape index (κ2) is 5.05. The third kappa shape index (κ3) is 2.88. The van der Waals surface area contributed by atoms with Gasteiger partial charge in [-0.15, -0.1) is 0 Å². The van der Waals surface area contributed by atoms with E-state index >= 15 is 0 Å². The molecule has 2 aromatic rings. The van der Waals surface area contributed by atoms with E-state index in [0.717, 1.165) is 6.54 Å². The van der Waals surface area contributed by atoms with Gasteiger partial charge in [-0.2, -0.15) is 0 Å². The normalized spacial score (nSPS) is 10.3. The Morgan fingerprint density at radius 3 is 2.47 bits per heavy atom. The summed E-state index contributed by atoms with van der Waals surface area (Å²) in [6.07, 6.45) is 0. The minimum Gasteiger partial charge on any atom is -0.381 e. The van der Waals surface area contributed by atoms with Gasteiger partial charge in [0.2, 0.25) is 0 Å². The third-order valence-corrected chi connectivity index (χ3v) is 3.22. The van der Waals surface area contributed by atoms with Crippen LogP contribution in [0.2, 0.25) is 0 Å². The minimum absolute atomic E-state index is 0.886. The van der Waals surface area contributed by atoms with Gasteiger partial charge in [0.25, 0.3) is 0 Å². The average molecular weight is 225 g/mol. The minimum atomic E-state index is 0.886. The van der Waals surface area contributed by atoms with Crippen LogP contribution >= 0.6 is 0 Å². The maximum Gasteiger partial charge on any atom is 0.0403 e. The highest BCUT2D eigenvalue weighted by Crippen LogP contribution is 2.15. The molecule has 0 radical (unpaired) electrons. The SMILES string of the molecule is Cc1cccc(NCc2cccc(C)c2C)c1. The van der Waals surface area contributed by atoms with Gasteiger partial charge in [0.15, 0.2) is 0 Å². The predicted molar refractivity (Wildman–Crippen MR) is 74.4 cm³/mol. The van der Waals surface area contributed by atoms with Crippen molar-refractivity contribution < 1.29 is 0 Å². The summed E-state index contributed by atoms with van der Waals surface area (Å²) in [6.45, 7) is 7.34. The van der Waals surface area contributed by atoms with E-state index in [0.29, 0.717) is 0 Å². The molecule has 0 amide bonds. The number of hydrogen-bond donors (Lipinski definition) is 1. The van der Waals surface area contributed by atoms with Crippen LogP contribution in [0.3, 0.4) is 0 Å². The molecule has 2 aromatic carbocycles. The molecule has 0 atom stereocenters. The van der Waals surface area contributed by atoms with Crippen LogP contribution < -0.4 is 5.32 Å². The molecule has 0 aliphatic heterocycles. The lowest BCUT2D eigenvalue weighted by Gasteiger charge is -2.11. The fourth-order valence-corrected chi connectivity index (χ4v) is 1.96. The van der Waals surface area contributed by atoms with Crippen molar-refractivity contribution in [2.24, 2.45) is 0 Å². The molecule has 1 N–H and O–H groups in total. The zero-order valence-corrected chi connectivity index (χ0v) is 10.7. The molecular weight excluding hydrogens is 206 g/mol.